The summed E-state index contributed by atoms with van der Waals surface area (Å²) in [6.07, 6.45) is 9.97. The molecule has 5 heteroatoms. The molecule has 1 aromatic heterocycles. The van der Waals surface area contributed by atoms with Crippen molar-refractivity contribution in [1.29, 1.82) is 0 Å². The molecule has 0 unspecified atom stereocenters. The third-order valence-corrected chi connectivity index (χ3v) is 6.61. The van der Waals surface area contributed by atoms with E-state index in [0.29, 0.717) is 17.7 Å². The molecule has 0 aliphatic heterocycles. The van der Waals surface area contributed by atoms with E-state index in [2.05, 4.69) is 17.3 Å². The zero-order chi connectivity index (χ0) is 17.4. The fraction of sp³-hybridized carbons (Fsp3) is 0.750. The fourth-order valence-electron chi connectivity index (χ4n) is 5.90. The minimum absolute atomic E-state index is 0.133. The van der Waals surface area contributed by atoms with Crippen LogP contribution in [0.25, 0.3) is 0 Å². The summed E-state index contributed by atoms with van der Waals surface area (Å²) in [5.41, 5.74) is 0.549. The Morgan fingerprint density at radius 1 is 1.20 bits per heavy atom. The highest BCUT2D eigenvalue weighted by atomic mass is 16.2. The van der Waals surface area contributed by atoms with Crippen LogP contribution in [0.1, 0.15) is 68.8 Å². The van der Waals surface area contributed by atoms with Gasteiger partial charge >= 0.3 is 0 Å². The molecule has 5 rings (SSSR count). The van der Waals surface area contributed by atoms with Crippen LogP contribution in [0.2, 0.25) is 0 Å². The first kappa shape index (κ1) is 16.8. The average molecular weight is 343 g/mol. The molecule has 1 heterocycles. The molecule has 0 saturated heterocycles. The molecule has 1 N–H and O–H groups in total. The SMILES string of the molecule is CCCCn1nc(C(=O)NCC23CC4CC(CC(C4)C2)C3)ccc1=O. The van der Waals surface area contributed by atoms with Crippen LogP contribution in [0.5, 0.6) is 0 Å². The minimum atomic E-state index is -0.138. The van der Waals surface area contributed by atoms with E-state index in [0.717, 1.165) is 37.1 Å². The molecule has 1 aromatic rings. The maximum absolute atomic E-state index is 12.6. The molecule has 0 spiro atoms. The lowest BCUT2D eigenvalue weighted by atomic mass is 9.49. The van der Waals surface area contributed by atoms with E-state index in [4.69, 9.17) is 0 Å². The van der Waals surface area contributed by atoms with Crippen LogP contribution in [-0.4, -0.2) is 22.2 Å². The Morgan fingerprint density at radius 3 is 2.44 bits per heavy atom. The summed E-state index contributed by atoms with van der Waals surface area (Å²) in [7, 11) is 0. The molecular formula is C20H29N3O2. The van der Waals surface area contributed by atoms with Gasteiger partial charge in [0.2, 0.25) is 0 Å². The van der Waals surface area contributed by atoms with Crippen molar-refractivity contribution in [1.82, 2.24) is 15.1 Å². The zero-order valence-corrected chi connectivity index (χ0v) is 15.2. The topological polar surface area (TPSA) is 64.0 Å². The van der Waals surface area contributed by atoms with E-state index in [1.165, 1.54) is 49.3 Å². The lowest BCUT2D eigenvalue weighted by Crippen LogP contribution is -2.51. The molecule has 4 fully saturated rings. The van der Waals surface area contributed by atoms with Gasteiger partial charge in [-0.25, -0.2) is 4.68 Å². The standard InChI is InChI=1S/C20H29N3O2/c1-2-3-6-23-18(24)5-4-17(22-23)19(25)21-13-20-10-14-7-15(11-20)9-16(8-14)12-20/h4-5,14-16H,2-3,6-13H2,1H3,(H,21,25). The van der Waals surface area contributed by atoms with Crippen molar-refractivity contribution in [2.75, 3.05) is 6.54 Å². The van der Waals surface area contributed by atoms with Gasteiger partial charge < -0.3 is 5.32 Å². The maximum atomic E-state index is 12.6. The van der Waals surface area contributed by atoms with Gasteiger partial charge in [0.1, 0.15) is 5.69 Å². The largest absolute Gasteiger partial charge is 0.350 e. The minimum Gasteiger partial charge on any atom is -0.350 e. The number of aryl methyl sites for hydroxylation is 1. The molecule has 136 valence electrons. The van der Waals surface area contributed by atoms with Crippen molar-refractivity contribution in [3.8, 4) is 0 Å². The molecule has 25 heavy (non-hydrogen) atoms. The summed E-state index contributed by atoms with van der Waals surface area (Å²) in [6, 6.07) is 3.02. The van der Waals surface area contributed by atoms with Crippen molar-refractivity contribution in [2.45, 2.75) is 64.8 Å². The quantitative estimate of drug-likeness (QED) is 0.863. The highest BCUT2D eigenvalue weighted by Gasteiger charge is 2.50. The van der Waals surface area contributed by atoms with Crippen LogP contribution in [-0.2, 0) is 6.54 Å². The molecule has 4 aliphatic rings. The number of amides is 1. The van der Waals surface area contributed by atoms with Crippen LogP contribution in [0, 0.1) is 23.2 Å². The van der Waals surface area contributed by atoms with Crippen molar-refractivity contribution in [2.24, 2.45) is 23.2 Å². The molecule has 0 aromatic carbocycles. The Balaban J connectivity index is 1.42. The van der Waals surface area contributed by atoms with E-state index in [-0.39, 0.29) is 11.5 Å². The van der Waals surface area contributed by atoms with Gasteiger partial charge in [0.15, 0.2) is 0 Å². The molecule has 0 radical (unpaired) electrons. The molecule has 4 aliphatic carbocycles. The summed E-state index contributed by atoms with van der Waals surface area (Å²) in [5.74, 6) is 2.52. The second-order valence-corrected chi connectivity index (χ2v) is 8.73. The lowest BCUT2D eigenvalue weighted by molar-refractivity contribution is -0.0503. The Morgan fingerprint density at radius 2 is 1.84 bits per heavy atom. The maximum Gasteiger partial charge on any atom is 0.271 e. The highest BCUT2D eigenvalue weighted by molar-refractivity contribution is 5.92. The summed E-state index contributed by atoms with van der Waals surface area (Å²) in [5, 5.41) is 7.41. The van der Waals surface area contributed by atoms with E-state index < -0.39 is 0 Å². The number of nitrogens with zero attached hydrogens (tertiary/aromatic N) is 2. The van der Waals surface area contributed by atoms with E-state index >= 15 is 0 Å². The van der Waals surface area contributed by atoms with Crippen molar-refractivity contribution < 1.29 is 4.79 Å². The van der Waals surface area contributed by atoms with Gasteiger partial charge in [-0.1, -0.05) is 13.3 Å². The third-order valence-electron chi connectivity index (χ3n) is 6.61. The number of nitrogens with one attached hydrogen (secondary N) is 1. The van der Waals surface area contributed by atoms with Crippen molar-refractivity contribution in [3.63, 3.8) is 0 Å². The summed E-state index contributed by atoms with van der Waals surface area (Å²) in [4.78, 5) is 24.4. The first-order chi connectivity index (χ1) is 12.1. The van der Waals surface area contributed by atoms with E-state index in [1.807, 2.05) is 0 Å². The molecule has 5 nitrogen and oxygen atoms in total. The molecular weight excluding hydrogens is 314 g/mol. The van der Waals surface area contributed by atoms with Crippen LogP contribution in [0.4, 0.5) is 0 Å². The second kappa shape index (κ2) is 6.58. The summed E-state index contributed by atoms with van der Waals surface area (Å²) < 4.78 is 1.42. The van der Waals surface area contributed by atoms with Crippen LogP contribution in [0.15, 0.2) is 16.9 Å². The third kappa shape index (κ3) is 3.38. The van der Waals surface area contributed by atoms with Gasteiger partial charge in [-0.2, -0.15) is 5.10 Å². The van der Waals surface area contributed by atoms with E-state index in [1.54, 1.807) is 6.07 Å². The number of hydrogen-bond donors (Lipinski definition) is 1. The number of carbonyl (C=O) groups excluding carboxylic acids is 1. The zero-order valence-electron chi connectivity index (χ0n) is 15.2. The summed E-state index contributed by atoms with van der Waals surface area (Å²) in [6.45, 7) is 3.42. The number of rotatable bonds is 6. The highest BCUT2D eigenvalue weighted by Crippen LogP contribution is 2.59. The van der Waals surface area contributed by atoms with Gasteiger partial charge in [-0.15, -0.1) is 0 Å². The second-order valence-electron chi connectivity index (χ2n) is 8.73. The van der Waals surface area contributed by atoms with Crippen LogP contribution >= 0.6 is 0 Å². The molecule has 4 bridgehead atoms. The number of unbranched alkanes of at least 4 members (excludes halogenated alkanes) is 1. The number of carbonyl (C=O) groups is 1. The Labute approximate surface area is 149 Å². The monoisotopic (exact) mass is 343 g/mol. The molecule has 1 amide bonds. The van der Waals surface area contributed by atoms with Gasteiger partial charge in [-0.3, -0.25) is 9.59 Å². The first-order valence-electron chi connectivity index (χ1n) is 9.93. The Hall–Kier alpha value is -1.65. The van der Waals surface area contributed by atoms with Crippen LogP contribution < -0.4 is 10.9 Å². The lowest BCUT2D eigenvalue weighted by Gasteiger charge is -2.56. The Kier molecular flexibility index (Phi) is 4.42. The number of hydrogen-bond acceptors (Lipinski definition) is 3. The van der Waals surface area contributed by atoms with Gasteiger partial charge in [0.05, 0.1) is 0 Å². The predicted octanol–water partition coefficient (Wildman–Crippen LogP) is 2.99. The molecule has 0 atom stereocenters. The van der Waals surface area contributed by atoms with Gasteiger partial charge in [0, 0.05) is 19.2 Å². The van der Waals surface area contributed by atoms with Crippen molar-refractivity contribution in [3.05, 3.63) is 28.2 Å². The van der Waals surface area contributed by atoms with Gasteiger partial charge in [0.25, 0.3) is 11.5 Å². The summed E-state index contributed by atoms with van der Waals surface area (Å²) >= 11 is 0. The first-order valence-corrected chi connectivity index (χ1v) is 9.93. The number of aromatic nitrogens is 2. The van der Waals surface area contributed by atoms with E-state index in [9.17, 15) is 9.59 Å². The van der Waals surface area contributed by atoms with Crippen LogP contribution in [0.3, 0.4) is 0 Å². The van der Waals surface area contributed by atoms with Crippen molar-refractivity contribution >= 4 is 5.91 Å². The normalized spacial score (nSPS) is 32.8. The smallest absolute Gasteiger partial charge is 0.271 e. The fourth-order valence-corrected chi connectivity index (χ4v) is 5.90. The predicted molar refractivity (Wildman–Crippen MR) is 96.3 cm³/mol. The molecule has 4 saturated carbocycles. The average Bonchev–Trinajstić information content (AvgIpc) is 2.58. The van der Waals surface area contributed by atoms with Gasteiger partial charge in [-0.05, 0) is 74.2 Å². The Bertz CT molecular complexity index is 674.